The van der Waals surface area contributed by atoms with Crippen LogP contribution >= 0.6 is 0 Å². The maximum atomic E-state index is 12.3. The lowest BCUT2D eigenvalue weighted by Gasteiger charge is -2.08. The number of hydrogen-bond donors (Lipinski definition) is 2. The van der Waals surface area contributed by atoms with Crippen LogP contribution in [-0.4, -0.2) is 22.2 Å². The molecule has 0 aliphatic carbocycles. The zero-order chi connectivity index (χ0) is 15.2. The molecule has 5 heteroatoms. The molecular weight excluding hydrogens is 264 g/mol. The summed E-state index contributed by atoms with van der Waals surface area (Å²) in [6.07, 6.45) is 3.60. The molecule has 0 fully saturated rings. The molecule has 0 unspecified atom stereocenters. The minimum atomic E-state index is -0.118. The monoisotopic (exact) mass is 282 g/mol. The van der Waals surface area contributed by atoms with Gasteiger partial charge < -0.3 is 11.1 Å². The number of nitrogens with two attached hydrogens (primary N) is 1. The van der Waals surface area contributed by atoms with Gasteiger partial charge in [-0.05, 0) is 24.6 Å². The highest BCUT2D eigenvalue weighted by atomic mass is 16.1. The second kappa shape index (κ2) is 6.73. The smallest absolute Gasteiger partial charge is 0.251 e. The molecule has 0 aliphatic heterocycles. The van der Waals surface area contributed by atoms with Crippen molar-refractivity contribution in [1.82, 2.24) is 15.1 Å². The molecule has 1 amide bonds. The van der Waals surface area contributed by atoms with E-state index in [9.17, 15) is 4.79 Å². The molecule has 0 aliphatic rings. The largest absolute Gasteiger partial charge is 0.348 e. The molecule has 1 aromatic carbocycles. The van der Waals surface area contributed by atoms with Crippen molar-refractivity contribution in [3.8, 4) is 11.8 Å². The van der Waals surface area contributed by atoms with Gasteiger partial charge in [0.1, 0.15) is 0 Å². The summed E-state index contributed by atoms with van der Waals surface area (Å²) in [5.41, 5.74) is 8.66. The van der Waals surface area contributed by atoms with Crippen LogP contribution in [0.4, 0.5) is 0 Å². The Morgan fingerprint density at radius 3 is 2.95 bits per heavy atom. The Kier molecular flexibility index (Phi) is 4.75. The summed E-state index contributed by atoms with van der Waals surface area (Å²) in [4.78, 5) is 12.3. The Bertz CT molecular complexity index is 707. The number of hydrogen-bond acceptors (Lipinski definition) is 3. The quantitative estimate of drug-likeness (QED) is 0.824. The Morgan fingerprint density at radius 2 is 2.29 bits per heavy atom. The summed E-state index contributed by atoms with van der Waals surface area (Å²) in [5, 5.41) is 6.96. The summed E-state index contributed by atoms with van der Waals surface area (Å²) in [6, 6.07) is 5.50. The molecule has 2 aromatic rings. The predicted molar refractivity (Wildman–Crippen MR) is 81.5 cm³/mol. The highest BCUT2D eigenvalue weighted by Crippen LogP contribution is 2.13. The van der Waals surface area contributed by atoms with Gasteiger partial charge in [-0.2, -0.15) is 5.10 Å². The first kappa shape index (κ1) is 14.8. The van der Waals surface area contributed by atoms with E-state index in [0.717, 1.165) is 16.7 Å². The lowest BCUT2D eigenvalue weighted by molar-refractivity contribution is 0.0950. The third-order valence-electron chi connectivity index (χ3n) is 3.11. The van der Waals surface area contributed by atoms with E-state index in [1.165, 1.54) is 0 Å². The van der Waals surface area contributed by atoms with Gasteiger partial charge in [0.05, 0.1) is 12.7 Å². The van der Waals surface area contributed by atoms with Crippen molar-refractivity contribution in [3.05, 3.63) is 52.8 Å². The van der Waals surface area contributed by atoms with Crippen LogP contribution in [0.1, 0.15) is 27.0 Å². The van der Waals surface area contributed by atoms with Crippen LogP contribution in [0.3, 0.4) is 0 Å². The third-order valence-corrected chi connectivity index (χ3v) is 3.11. The van der Waals surface area contributed by atoms with Crippen LogP contribution in [-0.2, 0) is 13.6 Å². The summed E-state index contributed by atoms with van der Waals surface area (Å²) in [7, 11) is 1.84. The summed E-state index contributed by atoms with van der Waals surface area (Å²) in [5.74, 6) is 5.67. The fourth-order valence-electron chi connectivity index (χ4n) is 2.00. The van der Waals surface area contributed by atoms with Gasteiger partial charge in [-0.15, -0.1) is 0 Å². The number of nitrogens with one attached hydrogen (secondary N) is 1. The average Bonchev–Trinajstić information content (AvgIpc) is 2.89. The molecule has 0 saturated heterocycles. The number of benzene rings is 1. The second-order valence-corrected chi connectivity index (χ2v) is 4.69. The number of carbonyl (C=O) groups is 1. The zero-order valence-corrected chi connectivity index (χ0v) is 12.2. The normalized spacial score (nSPS) is 9.86. The van der Waals surface area contributed by atoms with Crippen LogP contribution in [0.5, 0.6) is 0 Å². The van der Waals surface area contributed by atoms with Gasteiger partial charge >= 0.3 is 0 Å². The van der Waals surface area contributed by atoms with Gasteiger partial charge in [-0.25, -0.2) is 0 Å². The Morgan fingerprint density at radius 1 is 1.48 bits per heavy atom. The van der Waals surface area contributed by atoms with Crippen molar-refractivity contribution in [2.45, 2.75) is 13.5 Å². The Labute approximate surface area is 124 Å². The van der Waals surface area contributed by atoms with Crippen LogP contribution < -0.4 is 11.1 Å². The molecule has 1 aromatic heterocycles. The fourth-order valence-corrected chi connectivity index (χ4v) is 2.00. The molecule has 21 heavy (non-hydrogen) atoms. The average molecular weight is 282 g/mol. The number of carbonyl (C=O) groups excluding carboxylic acids is 1. The minimum absolute atomic E-state index is 0.118. The second-order valence-electron chi connectivity index (χ2n) is 4.69. The van der Waals surface area contributed by atoms with Gasteiger partial charge in [-0.3, -0.25) is 9.48 Å². The molecule has 0 saturated carbocycles. The number of rotatable bonds is 3. The summed E-state index contributed by atoms with van der Waals surface area (Å²) in [6.45, 7) is 2.64. The molecule has 0 atom stereocenters. The van der Waals surface area contributed by atoms with Gasteiger partial charge in [-0.1, -0.05) is 17.9 Å². The molecule has 0 radical (unpaired) electrons. The van der Waals surface area contributed by atoms with E-state index in [2.05, 4.69) is 22.3 Å². The van der Waals surface area contributed by atoms with E-state index >= 15 is 0 Å². The van der Waals surface area contributed by atoms with Crippen molar-refractivity contribution < 1.29 is 4.79 Å². The number of aryl methyl sites for hydroxylation is 1. The molecule has 5 nitrogen and oxygen atoms in total. The van der Waals surface area contributed by atoms with Crippen LogP contribution in [0.15, 0.2) is 30.6 Å². The standard InChI is InChI=1S/C16H18N4O/c1-12-14(6-4-8-17)5-3-7-15(12)16(21)18-9-13-10-19-20(2)11-13/h3,5,7,10-11H,8-9,17H2,1-2H3,(H,18,21). The first-order valence-electron chi connectivity index (χ1n) is 6.66. The fraction of sp³-hybridized carbons (Fsp3) is 0.250. The zero-order valence-electron chi connectivity index (χ0n) is 12.2. The van der Waals surface area contributed by atoms with Crippen LogP contribution in [0.25, 0.3) is 0 Å². The SMILES string of the molecule is Cc1c(C#CCN)cccc1C(=O)NCc1cnn(C)c1. The van der Waals surface area contributed by atoms with E-state index in [0.29, 0.717) is 18.7 Å². The Hall–Kier alpha value is -2.58. The molecule has 108 valence electrons. The molecule has 0 spiro atoms. The summed E-state index contributed by atoms with van der Waals surface area (Å²) >= 11 is 0. The van der Waals surface area contributed by atoms with E-state index in [1.807, 2.05) is 32.3 Å². The first-order valence-corrected chi connectivity index (χ1v) is 6.66. The maximum absolute atomic E-state index is 12.3. The molecule has 2 rings (SSSR count). The van der Waals surface area contributed by atoms with Gasteiger partial charge in [0.2, 0.25) is 0 Å². The lowest BCUT2D eigenvalue weighted by Crippen LogP contribution is -2.23. The van der Waals surface area contributed by atoms with Crippen molar-refractivity contribution in [3.63, 3.8) is 0 Å². The molecule has 3 N–H and O–H groups in total. The van der Waals surface area contributed by atoms with Crippen LogP contribution in [0.2, 0.25) is 0 Å². The highest BCUT2D eigenvalue weighted by Gasteiger charge is 2.10. The molecule has 1 heterocycles. The van der Waals surface area contributed by atoms with E-state index in [-0.39, 0.29) is 5.91 Å². The third kappa shape index (κ3) is 3.71. The maximum Gasteiger partial charge on any atom is 0.251 e. The predicted octanol–water partition coefficient (Wildman–Crippen LogP) is 0.969. The van der Waals surface area contributed by atoms with Gasteiger partial charge in [0.15, 0.2) is 0 Å². The minimum Gasteiger partial charge on any atom is -0.348 e. The van der Waals surface area contributed by atoms with Crippen molar-refractivity contribution >= 4 is 5.91 Å². The Balaban J connectivity index is 2.12. The summed E-state index contributed by atoms with van der Waals surface area (Å²) < 4.78 is 1.70. The van der Waals surface area contributed by atoms with E-state index in [1.54, 1.807) is 16.9 Å². The van der Waals surface area contributed by atoms with Crippen LogP contribution in [0, 0.1) is 18.8 Å². The van der Waals surface area contributed by atoms with E-state index < -0.39 is 0 Å². The molecular formula is C16H18N4O. The highest BCUT2D eigenvalue weighted by molar-refractivity contribution is 5.96. The molecule has 0 bridgehead atoms. The van der Waals surface area contributed by atoms with E-state index in [4.69, 9.17) is 5.73 Å². The van der Waals surface area contributed by atoms with Gasteiger partial charge in [0.25, 0.3) is 5.91 Å². The van der Waals surface area contributed by atoms with Crippen molar-refractivity contribution in [2.24, 2.45) is 12.8 Å². The topological polar surface area (TPSA) is 72.9 Å². The van der Waals surface area contributed by atoms with Gasteiger partial charge in [0, 0.05) is 36.5 Å². The number of aromatic nitrogens is 2. The van der Waals surface area contributed by atoms with Crippen molar-refractivity contribution in [2.75, 3.05) is 6.54 Å². The van der Waals surface area contributed by atoms with Crippen molar-refractivity contribution in [1.29, 1.82) is 0 Å². The first-order chi connectivity index (χ1) is 10.1. The lowest BCUT2D eigenvalue weighted by atomic mass is 10.0. The number of nitrogens with zero attached hydrogens (tertiary/aromatic N) is 2. The number of amides is 1.